The topological polar surface area (TPSA) is 81.7 Å². The number of urea groups is 1. The van der Waals surface area contributed by atoms with Gasteiger partial charge in [0.1, 0.15) is 0 Å². The quantitative estimate of drug-likeness (QED) is 0.695. The van der Waals surface area contributed by atoms with Crippen molar-refractivity contribution in [1.29, 1.82) is 0 Å². The van der Waals surface area contributed by atoms with E-state index in [-0.39, 0.29) is 12.5 Å². The van der Waals surface area contributed by atoms with Gasteiger partial charge in [-0.25, -0.2) is 4.79 Å². The third-order valence-electron chi connectivity index (χ3n) is 4.59. The van der Waals surface area contributed by atoms with Gasteiger partial charge in [-0.2, -0.15) is 0 Å². The zero-order valence-corrected chi connectivity index (χ0v) is 12.7. The lowest BCUT2D eigenvalue weighted by molar-refractivity contribution is -0.138. The summed E-state index contributed by atoms with van der Waals surface area (Å²) >= 11 is 0. The molecule has 0 spiro atoms. The van der Waals surface area contributed by atoms with Crippen LogP contribution in [0.4, 0.5) is 4.79 Å². The van der Waals surface area contributed by atoms with Gasteiger partial charge in [0.2, 0.25) is 0 Å². The second-order valence-corrected chi connectivity index (χ2v) is 6.34. The minimum Gasteiger partial charge on any atom is -0.481 e. The van der Waals surface area contributed by atoms with E-state index in [2.05, 4.69) is 15.5 Å². The molecule has 6 nitrogen and oxygen atoms in total. The van der Waals surface area contributed by atoms with Crippen LogP contribution in [-0.4, -0.2) is 53.7 Å². The molecule has 0 radical (unpaired) electrons. The van der Waals surface area contributed by atoms with Crippen molar-refractivity contribution in [2.75, 3.05) is 26.2 Å². The van der Waals surface area contributed by atoms with Gasteiger partial charge in [-0.05, 0) is 38.8 Å². The van der Waals surface area contributed by atoms with Crippen LogP contribution in [0, 0.1) is 0 Å². The molecular weight excluding hydrogens is 270 g/mol. The lowest BCUT2D eigenvalue weighted by Crippen LogP contribution is -2.52. The molecule has 21 heavy (non-hydrogen) atoms. The van der Waals surface area contributed by atoms with E-state index in [9.17, 15) is 9.59 Å². The standard InChI is InChI=1S/C15H27N3O3/c19-13(20)12-15(6-2-3-7-15)17-14(21)16-8-11-18-9-4-1-5-10-18/h1-12H2,(H,19,20)(H2,16,17,21). The van der Waals surface area contributed by atoms with Gasteiger partial charge in [0.05, 0.1) is 12.0 Å². The van der Waals surface area contributed by atoms with Gasteiger partial charge in [-0.15, -0.1) is 0 Å². The summed E-state index contributed by atoms with van der Waals surface area (Å²) in [5, 5.41) is 14.8. The molecule has 1 saturated heterocycles. The summed E-state index contributed by atoms with van der Waals surface area (Å²) in [5.74, 6) is -0.842. The van der Waals surface area contributed by atoms with Gasteiger partial charge in [0, 0.05) is 13.1 Å². The molecule has 2 aliphatic rings. The van der Waals surface area contributed by atoms with Crippen molar-refractivity contribution in [2.45, 2.75) is 56.9 Å². The number of carbonyl (C=O) groups excluding carboxylic acids is 1. The van der Waals surface area contributed by atoms with E-state index in [0.717, 1.165) is 45.3 Å². The van der Waals surface area contributed by atoms with Crippen molar-refractivity contribution >= 4 is 12.0 Å². The van der Waals surface area contributed by atoms with E-state index >= 15 is 0 Å². The van der Waals surface area contributed by atoms with Crippen LogP contribution >= 0.6 is 0 Å². The van der Waals surface area contributed by atoms with Crippen molar-refractivity contribution in [3.05, 3.63) is 0 Å². The first-order chi connectivity index (χ1) is 10.1. The Kier molecular flexibility index (Phi) is 5.85. The molecule has 6 heteroatoms. The Balaban J connectivity index is 1.70. The molecule has 0 bridgehead atoms. The molecule has 2 amide bonds. The molecule has 2 fully saturated rings. The van der Waals surface area contributed by atoms with Crippen molar-refractivity contribution in [1.82, 2.24) is 15.5 Å². The summed E-state index contributed by atoms with van der Waals surface area (Å²) in [6.45, 7) is 3.73. The number of nitrogens with zero attached hydrogens (tertiary/aromatic N) is 1. The van der Waals surface area contributed by atoms with E-state index in [1.54, 1.807) is 0 Å². The molecule has 1 aliphatic carbocycles. The minimum atomic E-state index is -0.842. The van der Waals surface area contributed by atoms with Crippen LogP contribution in [0.2, 0.25) is 0 Å². The predicted molar refractivity (Wildman–Crippen MR) is 80.3 cm³/mol. The largest absolute Gasteiger partial charge is 0.481 e. The van der Waals surface area contributed by atoms with Gasteiger partial charge in [0.25, 0.3) is 0 Å². The van der Waals surface area contributed by atoms with E-state index in [1.807, 2.05) is 0 Å². The van der Waals surface area contributed by atoms with Gasteiger partial charge in [-0.3, -0.25) is 4.79 Å². The zero-order valence-electron chi connectivity index (χ0n) is 12.7. The number of likely N-dealkylation sites (tertiary alicyclic amines) is 1. The summed E-state index contributed by atoms with van der Waals surface area (Å²) in [6, 6.07) is -0.227. The van der Waals surface area contributed by atoms with E-state index in [1.165, 1.54) is 19.3 Å². The van der Waals surface area contributed by atoms with Crippen LogP contribution in [0.25, 0.3) is 0 Å². The molecule has 0 aromatic carbocycles. The summed E-state index contributed by atoms with van der Waals surface area (Å²) in [6.07, 6.45) is 7.32. The van der Waals surface area contributed by atoms with E-state index < -0.39 is 11.5 Å². The number of aliphatic carboxylic acids is 1. The Morgan fingerprint density at radius 1 is 1.05 bits per heavy atom. The highest BCUT2D eigenvalue weighted by Crippen LogP contribution is 2.32. The van der Waals surface area contributed by atoms with Gasteiger partial charge in [-0.1, -0.05) is 19.3 Å². The van der Waals surface area contributed by atoms with Crippen LogP contribution in [0.15, 0.2) is 0 Å². The molecule has 3 N–H and O–H groups in total. The zero-order chi connectivity index (χ0) is 15.1. The van der Waals surface area contributed by atoms with Crippen molar-refractivity contribution in [3.63, 3.8) is 0 Å². The molecule has 120 valence electrons. The second kappa shape index (κ2) is 7.64. The molecule has 0 atom stereocenters. The lowest BCUT2D eigenvalue weighted by Gasteiger charge is -2.29. The monoisotopic (exact) mass is 297 g/mol. The Bertz CT molecular complexity index is 361. The Morgan fingerprint density at radius 3 is 2.33 bits per heavy atom. The summed E-state index contributed by atoms with van der Waals surface area (Å²) in [7, 11) is 0. The lowest BCUT2D eigenvalue weighted by atomic mass is 9.93. The SMILES string of the molecule is O=C(O)CC1(NC(=O)NCCN2CCCCC2)CCCC1. The first kappa shape index (κ1) is 16.1. The second-order valence-electron chi connectivity index (χ2n) is 6.34. The Hall–Kier alpha value is -1.30. The van der Waals surface area contributed by atoms with Gasteiger partial charge < -0.3 is 20.6 Å². The highest BCUT2D eigenvalue weighted by atomic mass is 16.4. The van der Waals surface area contributed by atoms with Crippen molar-refractivity contribution in [3.8, 4) is 0 Å². The maximum absolute atomic E-state index is 12.0. The van der Waals surface area contributed by atoms with Crippen LogP contribution in [0.3, 0.4) is 0 Å². The van der Waals surface area contributed by atoms with Crippen LogP contribution in [0.1, 0.15) is 51.4 Å². The fourth-order valence-electron chi connectivity index (χ4n) is 3.48. The third kappa shape index (κ3) is 5.19. The van der Waals surface area contributed by atoms with Crippen molar-refractivity contribution in [2.24, 2.45) is 0 Å². The maximum atomic E-state index is 12.0. The number of rotatable bonds is 6. The third-order valence-corrected chi connectivity index (χ3v) is 4.59. The maximum Gasteiger partial charge on any atom is 0.315 e. The number of carbonyl (C=O) groups is 2. The molecule has 0 aromatic heterocycles. The van der Waals surface area contributed by atoms with Gasteiger partial charge >= 0.3 is 12.0 Å². The van der Waals surface area contributed by atoms with E-state index in [0.29, 0.717) is 6.54 Å². The van der Waals surface area contributed by atoms with Crippen LogP contribution in [-0.2, 0) is 4.79 Å². The minimum absolute atomic E-state index is 0.0204. The van der Waals surface area contributed by atoms with E-state index in [4.69, 9.17) is 5.11 Å². The molecule has 0 aromatic rings. The normalized spacial score (nSPS) is 21.9. The smallest absolute Gasteiger partial charge is 0.315 e. The average Bonchev–Trinajstić information content (AvgIpc) is 2.87. The van der Waals surface area contributed by atoms with Crippen molar-refractivity contribution < 1.29 is 14.7 Å². The molecular formula is C15H27N3O3. The predicted octanol–water partition coefficient (Wildman–Crippen LogP) is 1.56. The molecule has 1 aliphatic heterocycles. The Labute approximate surface area is 126 Å². The Morgan fingerprint density at radius 2 is 1.71 bits per heavy atom. The number of hydrogen-bond donors (Lipinski definition) is 3. The number of piperidine rings is 1. The van der Waals surface area contributed by atoms with Crippen LogP contribution in [0.5, 0.6) is 0 Å². The number of amides is 2. The van der Waals surface area contributed by atoms with Gasteiger partial charge in [0.15, 0.2) is 0 Å². The number of nitrogens with one attached hydrogen (secondary N) is 2. The molecule has 1 saturated carbocycles. The number of hydrogen-bond acceptors (Lipinski definition) is 3. The molecule has 1 heterocycles. The average molecular weight is 297 g/mol. The summed E-state index contributed by atoms with van der Waals surface area (Å²) in [5.41, 5.74) is -0.541. The number of carboxylic acid groups (broad SMARTS) is 1. The van der Waals surface area contributed by atoms with Crippen LogP contribution < -0.4 is 10.6 Å². The summed E-state index contributed by atoms with van der Waals surface area (Å²) in [4.78, 5) is 25.3. The highest BCUT2D eigenvalue weighted by Gasteiger charge is 2.37. The molecule has 0 unspecified atom stereocenters. The fraction of sp³-hybridized carbons (Fsp3) is 0.867. The number of carboxylic acids is 1. The highest BCUT2D eigenvalue weighted by molar-refractivity contribution is 5.76. The summed E-state index contributed by atoms with van der Waals surface area (Å²) < 4.78 is 0. The molecule has 2 rings (SSSR count). The first-order valence-electron chi connectivity index (χ1n) is 8.10. The fourth-order valence-corrected chi connectivity index (χ4v) is 3.48. The first-order valence-corrected chi connectivity index (χ1v) is 8.10.